The topological polar surface area (TPSA) is 40.3 Å². The zero-order chi connectivity index (χ0) is 24.1. The van der Waals surface area contributed by atoms with Gasteiger partial charge in [0.05, 0.1) is 29.9 Å². The number of hydrogen-bond acceptors (Lipinski definition) is 4. The van der Waals surface area contributed by atoms with E-state index in [2.05, 4.69) is 33.7 Å². The quantitative estimate of drug-likeness (QED) is 0.386. The number of piperazine rings is 1. The molecule has 1 aliphatic heterocycles. The summed E-state index contributed by atoms with van der Waals surface area (Å²) in [6.07, 6.45) is 0. The van der Waals surface area contributed by atoms with Crippen molar-refractivity contribution in [1.82, 2.24) is 4.90 Å². The number of rotatable bonds is 7. The van der Waals surface area contributed by atoms with E-state index in [9.17, 15) is 0 Å². The number of anilines is 1. The highest BCUT2D eigenvalue weighted by Gasteiger charge is 2.34. The smallest absolute Gasteiger partial charge is 0.187 e. The normalized spacial score (nSPS) is 18.5. The lowest BCUT2D eigenvalue weighted by Crippen LogP contribution is -2.53. The number of aliphatic hydroxyl groups is 1. The minimum atomic E-state index is -0.0440. The molecular formula is C27H27Cl2N3O2. The Labute approximate surface area is 210 Å². The van der Waals surface area contributed by atoms with Crippen molar-refractivity contribution < 1.29 is 9.84 Å². The number of hydrogen-bond donors (Lipinski definition) is 1. The maximum Gasteiger partial charge on any atom is 0.187 e. The first-order valence-electron chi connectivity index (χ1n) is 11.2. The average molecular weight is 496 g/mol. The van der Waals surface area contributed by atoms with Gasteiger partial charge in [-0.25, -0.2) is 4.85 Å². The molecule has 1 N–H and O–H groups in total. The third-order valence-electron chi connectivity index (χ3n) is 6.05. The fourth-order valence-corrected chi connectivity index (χ4v) is 4.94. The highest BCUT2D eigenvalue weighted by molar-refractivity contribution is 6.33. The third kappa shape index (κ3) is 5.65. The molecule has 0 radical (unpaired) electrons. The second kappa shape index (κ2) is 11.1. The average Bonchev–Trinajstić information content (AvgIpc) is 2.84. The Morgan fingerprint density at radius 3 is 2.41 bits per heavy atom. The molecule has 3 aromatic rings. The first kappa shape index (κ1) is 24.4. The summed E-state index contributed by atoms with van der Waals surface area (Å²) >= 11 is 12.9. The van der Waals surface area contributed by atoms with E-state index in [1.54, 1.807) is 0 Å². The molecule has 0 unspecified atom stereocenters. The molecule has 1 saturated heterocycles. The molecule has 0 aromatic heterocycles. The van der Waals surface area contributed by atoms with Crippen molar-refractivity contribution >= 4 is 34.6 Å². The minimum Gasteiger partial charge on any atom is -0.491 e. The second-order valence-electron chi connectivity index (χ2n) is 8.48. The van der Waals surface area contributed by atoms with Gasteiger partial charge in [-0.2, -0.15) is 0 Å². The summed E-state index contributed by atoms with van der Waals surface area (Å²) in [7, 11) is 0. The second-order valence-corrected chi connectivity index (χ2v) is 9.32. The van der Waals surface area contributed by atoms with Crippen molar-refractivity contribution in [1.29, 1.82) is 0 Å². The Bertz CT molecular complexity index is 1150. The molecule has 7 heteroatoms. The summed E-state index contributed by atoms with van der Waals surface area (Å²) < 4.78 is 5.54. The number of halogens is 2. The Hall–Kier alpha value is -2.75. The van der Waals surface area contributed by atoms with Crippen LogP contribution in [0.2, 0.25) is 10.0 Å². The molecule has 2 atom stereocenters. The van der Waals surface area contributed by atoms with Crippen LogP contribution >= 0.6 is 23.2 Å². The maximum absolute atomic E-state index is 9.03. The molecule has 176 valence electrons. The van der Waals surface area contributed by atoms with Crippen LogP contribution in [-0.4, -0.2) is 42.4 Å². The summed E-state index contributed by atoms with van der Waals surface area (Å²) in [5.74, 6) is 0.639. The van der Waals surface area contributed by atoms with Gasteiger partial charge >= 0.3 is 0 Å². The number of aliphatic hydroxyl groups excluding tert-OH is 1. The zero-order valence-electron chi connectivity index (χ0n) is 19.0. The van der Waals surface area contributed by atoms with Gasteiger partial charge in [0, 0.05) is 36.8 Å². The molecule has 0 spiro atoms. The van der Waals surface area contributed by atoms with Gasteiger partial charge in [-0.3, -0.25) is 4.90 Å². The van der Waals surface area contributed by atoms with Gasteiger partial charge in [0.2, 0.25) is 0 Å². The first-order valence-corrected chi connectivity index (χ1v) is 12.0. The van der Waals surface area contributed by atoms with E-state index in [-0.39, 0.29) is 25.3 Å². The van der Waals surface area contributed by atoms with Crippen molar-refractivity contribution in [3.63, 3.8) is 0 Å². The van der Waals surface area contributed by atoms with Crippen LogP contribution in [-0.2, 0) is 6.54 Å². The van der Waals surface area contributed by atoms with Gasteiger partial charge in [-0.1, -0.05) is 59.6 Å². The van der Waals surface area contributed by atoms with Crippen LogP contribution in [0.25, 0.3) is 4.85 Å². The summed E-state index contributed by atoms with van der Waals surface area (Å²) in [6.45, 7) is 12.1. The molecule has 4 rings (SSSR count). The van der Waals surface area contributed by atoms with Crippen molar-refractivity contribution in [2.45, 2.75) is 25.6 Å². The molecular weight excluding hydrogens is 469 g/mol. The van der Waals surface area contributed by atoms with Crippen molar-refractivity contribution in [2.75, 3.05) is 31.2 Å². The zero-order valence-corrected chi connectivity index (χ0v) is 20.5. The lowest BCUT2D eigenvalue weighted by molar-refractivity contribution is 0.187. The molecule has 5 nitrogen and oxygen atoms in total. The molecule has 1 fully saturated rings. The molecule has 3 aromatic carbocycles. The Kier molecular flexibility index (Phi) is 7.97. The molecule has 1 heterocycles. The van der Waals surface area contributed by atoms with Gasteiger partial charge in [0.25, 0.3) is 0 Å². The van der Waals surface area contributed by atoms with Crippen LogP contribution in [0.5, 0.6) is 5.75 Å². The molecule has 0 aliphatic carbocycles. The van der Waals surface area contributed by atoms with Gasteiger partial charge in [0.15, 0.2) is 5.69 Å². The first-order chi connectivity index (χ1) is 16.5. The predicted molar refractivity (Wildman–Crippen MR) is 138 cm³/mol. The molecule has 0 amide bonds. The fraction of sp³-hybridized carbons (Fsp3) is 0.296. The Morgan fingerprint density at radius 1 is 1.03 bits per heavy atom. The predicted octanol–water partition coefficient (Wildman–Crippen LogP) is 6.37. The minimum absolute atomic E-state index is 0.0440. The SMILES string of the molecule is [C-]#[N+]c1ccc(CN2C[C@@H](C)N(c3ccc(OCCO)cc3Cl)[C@H](c3ccc(Cl)cc3)C2)cc1. The van der Waals surface area contributed by atoms with E-state index < -0.39 is 0 Å². The van der Waals surface area contributed by atoms with Crippen molar-refractivity contribution in [2.24, 2.45) is 0 Å². The summed E-state index contributed by atoms with van der Waals surface area (Å²) in [5, 5.41) is 10.4. The van der Waals surface area contributed by atoms with Crippen molar-refractivity contribution in [3.8, 4) is 5.75 Å². The number of ether oxygens (including phenoxy) is 1. The number of benzene rings is 3. The molecule has 0 saturated carbocycles. The van der Waals surface area contributed by atoms with Crippen LogP contribution in [0.1, 0.15) is 24.1 Å². The van der Waals surface area contributed by atoms with E-state index in [1.165, 1.54) is 11.1 Å². The van der Waals surface area contributed by atoms with E-state index in [0.29, 0.717) is 21.5 Å². The van der Waals surface area contributed by atoms with Crippen LogP contribution in [0, 0.1) is 6.57 Å². The van der Waals surface area contributed by atoms with Crippen LogP contribution in [0.3, 0.4) is 0 Å². The van der Waals surface area contributed by atoms with Crippen molar-refractivity contribution in [3.05, 3.63) is 99.3 Å². The molecule has 0 bridgehead atoms. The van der Waals surface area contributed by atoms with E-state index in [0.717, 1.165) is 25.3 Å². The van der Waals surface area contributed by atoms with E-state index in [4.69, 9.17) is 39.6 Å². The molecule has 34 heavy (non-hydrogen) atoms. The van der Waals surface area contributed by atoms with Crippen LogP contribution in [0.15, 0.2) is 66.7 Å². The Balaban J connectivity index is 1.63. The van der Waals surface area contributed by atoms with Gasteiger partial charge in [-0.05, 0) is 42.3 Å². The maximum atomic E-state index is 9.03. The fourth-order valence-electron chi connectivity index (χ4n) is 4.55. The highest BCUT2D eigenvalue weighted by atomic mass is 35.5. The monoisotopic (exact) mass is 495 g/mol. The van der Waals surface area contributed by atoms with E-state index in [1.807, 2.05) is 54.6 Å². The van der Waals surface area contributed by atoms with Gasteiger partial charge < -0.3 is 14.7 Å². The largest absolute Gasteiger partial charge is 0.491 e. The molecule has 1 aliphatic rings. The summed E-state index contributed by atoms with van der Waals surface area (Å²) in [5.41, 5.74) is 3.96. The Morgan fingerprint density at radius 2 is 1.76 bits per heavy atom. The summed E-state index contributed by atoms with van der Waals surface area (Å²) in [6, 6.07) is 21.8. The standard InChI is InChI=1S/C27H27Cl2N3O2/c1-19-16-31(17-20-3-9-23(30-2)10-4-20)18-27(21-5-7-22(28)8-6-21)32(19)26-12-11-24(15-25(26)29)34-14-13-33/h3-12,15,19,27,33H,13-14,16-18H2,1H3/t19-,27+/m1/s1. The van der Waals surface area contributed by atoms with Gasteiger partial charge in [0.1, 0.15) is 12.4 Å². The van der Waals surface area contributed by atoms with E-state index >= 15 is 0 Å². The highest BCUT2D eigenvalue weighted by Crippen LogP contribution is 2.39. The van der Waals surface area contributed by atoms with Crippen LogP contribution < -0.4 is 9.64 Å². The van der Waals surface area contributed by atoms with Crippen LogP contribution in [0.4, 0.5) is 11.4 Å². The third-order valence-corrected chi connectivity index (χ3v) is 6.60. The summed E-state index contributed by atoms with van der Waals surface area (Å²) in [4.78, 5) is 8.31. The number of nitrogens with zero attached hydrogens (tertiary/aromatic N) is 3. The lowest BCUT2D eigenvalue weighted by atomic mass is 9.97. The lowest BCUT2D eigenvalue weighted by Gasteiger charge is -2.47. The van der Waals surface area contributed by atoms with Gasteiger partial charge in [-0.15, -0.1) is 0 Å².